The smallest absolute Gasteiger partial charge is 0.273 e. The van der Waals surface area contributed by atoms with E-state index in [0.717, 1.165) is 9.87 Å². The zero-order valence-electron chi connectivity index (χ0n) is 14.7. The Labute approximate surface area is 163 Å². The van der Waals surface area contributed by atoms with Crippen LogP contribution in [0.25, 0.3) is 11.3 Å². The summed E-state index contributed by atoms with van der Waals surface area (Å²) in [6, 6.07) is 12.3. The monoisotopic (exact) mass is 404 g/mol. The molecule has 2 aromatic heterocycles. The van der Waals surface area contributed by atoms with Gasteiger partial charge in [0, 0.05) is 42.1 Å². The van der Waals surface area contributed by atoms with Gasteiger partial charge in [0.2, 0.25) is 0 Å². The van der Waals surface area contributed by atoms with E-state index in [9.17, 15) is 13.6 Å². The maximum absolute atomic E-state index is 12.2. The standard InChI is InChI=1S/C17H19N5O5S/c23-11-13-9-16(20-19-13)22(28(25)26)8-4-7-18-17(24)14-10-15(27-21-14)12-5-2-1-3-6-12/h1-3,5-6,9-10,23H,4,7-8,11H2,(H,18,24)(H,19,20)(H,25,26)/p-1. The van der Waals surface area contributed by atoms with Gasteiger partial charge in [-0.05, 0) is 6.42 Å². The first kappa shape index (κ1) is 19.7. The predicted octanol–water partition coefficient (Wildman–Crippen LogP) is 0.978. The lowest BCUT2D eigenvalue weighted by Crippen LogP contribution is -2.31. The minimum atomic E-state index is -2.53. The van der Waals surface area contributed by atoms with Crippen molar-refractivity contribution in [1.29, 1.82) is 0 Å². The van der Waals surface area contributed by atoms with Crippen molar-refractivity contribution in [2.45, 2.75) is 13.0 Å². The van der Waals surface area contributed by atoms with Gasteiger partial charge in [-0.25, -0.2) is 0 Å². The SMILES string of the molecule is O=C(NCCCN(c1cc(CO)[nH]n1)S(=O)[O-])c1cc(-c2ccccc2)on1. The third-order valence-corrected chi connectivity index (χ3v) is 4.58. The number of anilines is 1. The van der Waals surface area contributed by atoms with Crippen molar-refractivity contribution < 1.29 is 23.2 Å². The van der Waals surface area contributed by atoms with Gasteiger partial charge in [-0.1, -0.05) is 35.5 Å². The van der Waals surface area contributed by atoms with Crippen LogP contribution in [-0.4, -0.2) is 48.2 Å². The minimum Gasteiger partial charge on any atom is -0.755 e. The maximum Gasteiger partial charge on any atom is 0.273 e. The molecule has 10 nitrogen and oxygen atoms in total. The van der Waals surface area contributed by atoms with Crippen LogP contribution in [0.2, 0.25) is 0 Å². The van der Waals surface area contributed by atoms with Crippen LogP contribution in [0.1, 0.15) is 22.6 Å². The van der Waals surface area contributed by atoms with E-state index < -0.39 is 17.2 Å². The molecule has 0 spiro atoms. The van der Waals surface area contributed by atoms with E-state index in [-0.39, 0.29) is 31.2 Å². The number of aliphatic hydroxyl groups is 1. The molecular formula is C17H18N5O5S-. The van der Waals surface area contributed by atoms with Crippen molar-refractivity contribution in [1.82, 2.24) is 20.7 Å². The van der Waals surface area contributed by atoms with Gasteiger partial charge in [0.1, 0.15) is 0 Å². The second-order valence-electron chi connectivity index (χ2n) is 5.78. The summed E-state index contributed by atoms with van der Waals surface area (Å²) in [7, 11) is 0. The fourth-order valence-electron chi connectivity index (χ4n) is 2.46. The van der Waals surface area contributed by atoms with E-state index >= 15 is 0 Å². The lowest BCUT2D eigenvalue weighted by molar-refractivity contribution is 0.0944. The van der Waals surface area contributed by atoms with E-state index in [1.54, 1.807) is 6.07 Å². The van der Waals surface area contributed by atoms with Gasteiger partial charge < -0.3 is 19.5 Å². The number of carbonyl (C=O) groups is 1. The molecule has 148 valence electrons. The summed E-state index contributed by atoms with van der Waals surface area (Å²) < 4.78 is 29.0. The van der Waals surface area contributed by atoms with Crippen LogP contribution in [0.3, 0.4) is 0 Å². The Bertz CT molecular complexity index is 942. The second kappa shape index (κ2) is 9.26. The summed E-state index contributed by atoms with van der Waals surface area (Å²) in [5.74, 6) is 0.243. The number of H-pyrrole nitrogens is 1. The Balaban J connectivity index is 1.51. The first-order chi connectivity index (χ1) is 13.6. The zero-order chi connectivity index (χ0) is 19.9. The Kier molecular flexibility index (Phi) is 6.53. The molecule has 1 amide bonds. The molecule has 0 bridgehead atoms. The second-order valence-corrected chi connectivity index (χ2v) is 6.66. The summed E-state index contributed by atoms with van der Waals surface area (Å²) in [5, 5.41) is 21.8. The molecule has 28 heavy (non-hydrogen) atoms. The quantitative estimate of drug-likeness (QED) is 0.356. The number of hydrogen-bond donors (Lipinski definition) is 3. The summed E-state index contributed by atoms with van der Waals surface area (Å²) in [5.41, 5.74) is 1.35. The van der Waals surface area contributed by atoms with Gasteiger partial charge in [0.15, 0.2) is 17.3 Å². The number of nitrogens with zero attached hydrogens (tertiary/aromatic N) is 3. The number of aliphatic hydroxyl groups excluding tert-OH is 1. The molecule has 0 aliphatic rings. The molecule has 0 aliphatic heterocycles. The molecule has 3 rings (SSSR count). The van der Waals surface area contributed by atoms with E-state index in [4.69, 9.17) is 9.63 Å². The number of rotatable bonds is 9. The van der Waals surface area contributed by atoms with Crippen LogP contribution in [0.4, 0.5) is 5.82 Å². The maximum atomic E-state index is 12.2. The lowest BCUT2D eigenvalue weighted by Gasteiger charge is -2.23. The van der Waals surface area contributed by atoms with Crippen molar-refractivity contribution in [3.8, 4) is 11.3 Å². The van der Waals surface area contributed by atoms with Crippen molar-refractivity contribution in [3.63, 3.8) is 0 Å². The first-order valence-corrected chi connectivity index (χ1v) is 9.44. The number of nitrogens with one attached hydrogen (secondary N) is 2. The minimum absolute atomic E-state index is 0.111. The highest BCUT2D eigenvalue weighted by molar-refractivity contribution is 7.80. The van der Waals surface area contributed by atoms with Crippen LogP contribution >= 0.6 is 0 Å². The average molecular weight is 404 g/mol. The van der Waals surface area contributed by atoms with Crippen LogP contribution in [-0.2, 0) is 17.9 Å². The molecule has 1 atom stereocenters. The summed E-state index contributed by atoms with van der Waals surface area (Å²) in [6.07, 6.45) is 0.352. The van der Waals surface area contributed by atoms with Gasteiger partial charge in [-0.15, -0.1) is 0 Å². The van der Waals surface area contributed by atoms with Crippen LogP contribution in [0.15, 0.2) is 47.0 Å². The molecule has 0 aliphatic carbocycles. The predicted molar refractivity (Wildman–Crippen MR) is 99.7 cm³/mol. The molecule has 0 radical (unpaired) electrons. The van der Waals surface area contributed by atoms with Crippen molar-refractivity contribution in [2.75, 3.05) is 17.4 Å². The zero-order valence-corrected chi connectivity index (χ0v) is 15.5. The Morgan fingerprint density at radius 2 is 2.11 bits per heavy atom. The van der Waals surface area contributed by atoms with Crippen LogP contribution in [0.5, 0.6) is 0 Å². The van der Waals surface area contributed by atoms with Crippen molar-refractivity contribution in [2.24, 2.45) is 0 Å². The number of benzene rings is 1. The van der Waals surface area contributed by atoms with Crippen LogP contribution < -0.4 is 9.62 Å². The molecular weight excluding hydrogens is 386 g/mol. The third kappa shape index (κ3) is 4.82. The molecule has 11 heteroatoms. The molecule has 3 N–H and O–H groups in total. The van der Waals surface area contributed by atoms with E-state index in [1.807, 2.05) is 30.3 Å². The van der Waals surface area contributed by atoms with Crippen molar-refractivity contribution in [3.05, 3.63) is 53.9 Å². The molecule has 1 aromatic carbocycles. The highest BCUT2D eigenvalue weighted by atomic mass is 32.2. The van der Waals surface area contributed by atoms with Gasteiger partial charge >= 0.3 is 0 Å². The molecule has 3 aromatic rings. The van der Waals surface area contributed by atoms with Crippen molar-refractivity contribution >= 4 is 23.0 Å². The highest BCUT2D eigenvalue weighted by Gasteiger charge is 2.14. The number of aromatic amines is 1. The first-order valence-electron chi connectivity index (χ1n) is 8.41. The van der Waals surface area contributed by atoms with Gasteiger partial charge in [0.05, 0.1) is 12.3 Å². The number of hydrogen-bond acceptors (Lipinski definition) is 7. The summed E-state index contributed by atoms with van der Waals surface area (Å²) >= 11 is -2.53. The molecule has 2 heterocycles. The average Bonchev–Trinajstić information content (AvgIpc) is 3.38. The van der Waals surface area contributed by atoms with Gasteiger partial charge in [0.25, 0.3) is 5.91 Å². The Morgan fingerprint density at radius 1 is 1.32 bits per heavy atom. The largest absolute Gasteiger partial charge is 0.755 e. The fraction of sp³-hybridized carbons (Fsp3) is 0.235. The Morgan fingerprint density at radius 3 is 2.79 bits per heavy atom. The number of carbonyl (C=O) groups excluding carboxylic acids is 1. The van der Waals surface area contributed by atoms with Gasteiger partial charge in [-0.3, -0.25) is 18.4 Å². The normalized spacial score (nSPS) is 11.9. The van der Waals surface area contributed by atoms with E-state index in [1.165, 1.54) is 6.07 Å². The number of amides is 1. The molecule has 0 saturated carbocycles. The molecule has 0 fully saturated rings. The number of aromatic nitrogens is 3. The van der Waals surface area contributed by atoms with E-state index in [2.05, 4.69) is 20.7 Å². The topological polar surface area (TPSA) is 147 Å². The lowest BCUT2D eigenvalue weighted by atomic mass is 10.1. The summed E-state index contributed by atoms with van der Waals surface area (Å²) in [6.45, 7) is 0.0720. The highest BCUT2D eigenvalue weighted by Crippen LogP contribution is 2.19. The summed E-state index contributed by atoms with van der Waals surface area (Å²) in [4.78, 5) is 12.2. The van der Waals surface area contributed by atoms with E-state index in [0.29, 0.717) is 17.9 Å². The third-order valence-electron chi connectivity index (χ3n) is 3.85. The molecule has 1 unspecified atom stereocenters. The Hall–Kier alpha value is -3.02. The van der Waals surface area contributed by atoms with Gasteiger partial charge in [-0.2, -0.15) is 5.10 Å². The molecule has 0 saturated heterocycles. The fourth-order valence-corrected chi connectivity index (χ4v) is 2.98. The van der Waals surface area contributed by atoms with Crippen LogP contribution in [0, 0.1) is 0 Å².